The molecule has 0 radical (unpaired) electrons. The van der Waals surface area contributed by atoms with Gasteiger partial charge in [0.05, 0.1) is 10.9 Å². The van der Waals surface area contributed by atoms with Gasteiger partial charge in [-0.05, 0) is 43.0 Å². The van der Waals surface area contributed by atoms with E-state index in [1.165, 1.54) is 11.3 Å². The second-order valence-electron chi connectivity index (χ2n) is 4.93. The Morgan fingerprint density at radius 1 is 1.50 bits per heavy atom. The van der Waals surface area contributed by atoms with E-state index in [0.29, 0.717) is 18.4 Å². The van der Waals surface area contributed by atoms with Gasteiger partial charge in [-0.2, -0.15) is 5.26 Å². The minimum Gasteiger partial charge on any atom is -0.338 e. The fourth-order valence-corrected chi connectivity index (χ4v) is 3.31. The first-order chi connectivity index (χ1) is 8.72. The van der Waals surface area contributed by atoms with E-state index in [1.54, 1.807) is 0 Å². The van der Waals surface area contributed by atoms with Gasteiger partial charge in [0, 0.05) is 19.5 Å². The van der Waals surface area contributed by atoms with Gasteiger partial charge in [-0.3, -0.25) is 4.79 Å². The molecule has 4 heteroatoms. The third kappa shape index (κ3) is 2.91. The van der Waals surface area contributed by atoms with E-state index >= 15 is 0 Å². The normalized spacial score (nSPS) is 23.3. The van der Waals surface area contributed by atoms with Crippen molar-refractivity contribution < 1.29 is 4.79 Å². The summed E-state index contributed by atoms with van der Waals surface area (Å²) in [5, 5.41) is 10.6. The van der Waals surface area contributed by atoms with E-state index in [-0.39, 0.29) is 5.91 Å². The van der Waals surface area contributed by atoms with Crippen molar-refractivity contribution in [2.24, 2.45) is 5.92 Å². The minimum atomic E-state index is 0.133. The summed E-state index contributed by atoms with van der Waals surface area (Å²) in [4.78, 5) is 14.9. The molecule has 0 unspecified atom stereocenters. The summed E-state index contributed by atoms with van der Waals surface area (Å²) in [5.74, 6) is 0.672. The largest absolute Gasteiger partial charge is 0.338 e. The van der Waals surface area contributed by atoms with Crippen molar-refractivity contribution in [2.75, 3.05) is 7.05 Å². The van der Waals surface area contributed by atoms with Crippen LogP contribution in [-0.4, -0.2) is 23.9 Å². The van der Waals surface area contributed by atoms with Crippen LogP contribution in [0.15, 0.2) is 17.5 Å². The number of amides is 1. The zero-order valence-electron chi connectivity index (χ0n) is 10.6. The first-order valence-corrected chi connectivity index (χ1v) is 7.28. The second-order valence-corrected chi connectivity index (χ2v) is 5.88. The molecule has 1 aromatic heterocycles. The van der Waals surface area contributed by atoms with E-state index in [1.807, 2.05) is 29.5 Å². The Bertz CT molecular complexity index is 427. The highest BCUT2D eigenvalue weighted by atomic mass is 32.1. The lowest BCUT2D eigenvalue weighted by Gasteiger charge is -2.33. The summed E-state index contributed by atoms with van der Waals surface area (Å²) >= 11 is 1.50. The fourth-order valence-electron chi connectivity index (χ4n) is 2.61. The summed E-state index contributed by atoms with van der Waals surface area (Å²) < 4.78 is 0. The van der Waals surface area contributed by atoms with Crippen LogP contribution in [0.1, 0.15) is 41.8 Å². The molecule has 0 atom stereocenters. The molecule has 1 fully saturated rings. The summed E-state index contributed by atoms with van der Waals surface area (Å²) in [6.45, 7) is 0. The molecule has 1 aliphatic carbocycles. The molecule has 0 spiro atoms. The van der Waals surface area contributed by atoms with Crippen LogP contribution in [0.3, 0.4) is 0 Å². The van der Waals surface area contributed by atoms with Gasteiger partial charge < -0.3 is 4.90 Å². The zero-order valence-corrected chi connectivity index (χ0v) is 11.4. The molecule has 3 nitrogen and oxygen atoms in total. The molecule has 18 heavy (non-hydrogen) atoms. The van der Waals surface area contributed by atoms with Crippen LogP contribution < -0.4 is 0 Å². The highest BCUT2D eigenvalue weighted by Gasteiger charge is 2.27. The number of nitrogens with zero attached hydrogens (tertiary/aromatic N) is 2. The molecule has 1 saturated carbocycles. The van der Waals surface area contributed by atoms with Crippen LogP contribution in [-0.2, 0) is 0 Å². The van der Waals surface area contributed by atoms with Gasteiger partial charge in [-0.1, -0.05) is 6.07 Å². The van der Waals surface area contributed by atoms with Crippen LogP contribution in [0, 0.1) is 17.2 Å². The molecular weight excluding hydrogens is 244 g/mol. The molecule has 2 rings (SSSR count). The predicted molar refractivity (Wildman–Crippen MR) is 72.4 cm³/mol. The highest BCUT2D eigenvalue weighted by molar-refractivity contribution is 7.12. The van der Waals surface area contributed by atoms with Crippen LogP contribution in [0.2, 0.25) is 0 Å². The number of hydrogen-bond donors (Lipinski definition) is 0. The minimum absolute atomic E-state index is 0.133. The van der Waals surface area contributed by atoms with Crippen molar-refractivity contribution in [1.82, 2.24) is 4.90 Å². The van der Waals surface area contributed by atoms with Crippen LogP contribution in [0.25, 0.3) is 0 Å². The Morgan fingerprint density at radius 2 is 2.22 bits per heavy atom. The molecule has 1 heterocycles. The highest BCUT2D eigenvalue weighted by Crippen LogP contribution is 2.29. The number of hydrogen-bond acceptors (Lipinski definition) is 3. The molecular formula is C14H18N2OS. The molecule has 0 aromatic carbocycles. The Kier molecular flexibility index (Phi) is 4.38. The van der Waals surface area contributed by atoms with Crippen molar-refractivity contribution in [3.05, 3.63) is 22.4 Å². The van der Waals surface area contributed by atoms with Crippen molar-refractivity contribution in [3.63, 3.8) is 0 Å². The summed E-state index contributed by atoms with van der Waals surface area (Å²) in [6.07, 6.45) is 4.86. The molecule has 96 valence electrons. The maximum atomic E-state index is 12.2. The maximum absolute atomic E-state index is 12.2. The van der Waals surface area contributed by atoms with Gasteiger partial charge in [0.1, 0.15) is 0 Å². The monoisotopic (exact) mass is 262 g/mol. The Labute approximate surface area is 112 Å². The van der Waals surface area contributed by atoms with Gasteiger partial charge in [0.15, 0.2) is 0 Å². The number of thiophene rings is 1. The van der Waals surface area contributed by atoms with Gasteiger partial charge in [0.25, 0.3) is 5.91 Å². The van der Waals surface area contributed by atoms with Crippen LogP contribution >= 0.6 is 11.3 Å². The topological polar surface area (TPSA) is 44.1 Å². The SMILES string of the molecule is CN(C(=O)c1cccs1)C1CCC(CC#N)CC1. The smallest absolute Gasteiger partial charge is 0.263 e. The van der Waals surface area contributed by atoms with Crippen LogP contribution in [0.5, 0.6) is 0 Å². The average molecular weight is 262 g/mol. The third-order valence-electron chi connectivity index (χ3n) is 3.80. The van der Waals surface area contributed by atoms with E-state index in [9.17, 15) is 4.79 Å². The lowest BCUT2D eigenvalue weighted by molar-refractivity contribution is 0.0681. The Balaban J connectivity index is 1.90. The zero-order chi connectivity index (χ0) is 13.0. The quantitative estimate of drug-likeness (QED) is 0.839. The molecule has 1 aliphatic rings. The van der Waals surface area contributed by atoms with Gasteiger partial charge in [-0.15, -0.1) is 11.3 Å². The van der Waals surface area contributed by atoms with E-state index in [4.69, 9.17) is 5.26 Å². The predicted octanol–water partition coefficient (Wildman–Crippen LogP) is 3.29. The number of carbonyl (C=O) groups excluding carboxylic acids is 1. The molecule has 0 N–H and O–H groups in total. The Hall–Kier alpha value is -1.34. The van der Waals surface area contributed by atoms with E-state index in [0.717, 1.165) is 30.6 Å². The first kappa shape index (κ1) is 13.1. The molecule has 0 aliphatic heterocycles. The van der Waals surface area contributed by atoms with Crippen molar-refractivity contribution >= 4 is 17.2 Å². The molecule has 0 bridgehead atoms. The molecule has 1 amide bonds. The lowest BCUT2D eigenvalue weighted by Crippen LogP contribution is -2.39. The standard InChI is InChI=1S/C14H18N2OS/c1-16(14(17)13-3-2-10-18-13)12-6-4-11(5-7-12)8-9-15/h2-3,10-12H,4-8H2,1H3. The number of nitriles is 1. The van der Waals surface area contributed by atoms with Gasteiger partial charge in [-0.25, -0.2) is 0 Å². The summed E-state index contributed by atoms with van der Waals surface area (Å²) in [6, 6.07) is 6.38. The van der Waals surface area contributed by atoms with Gasteiger partial charge in [0.2, 0.25) is 0 Å². The Morgan fingerprint density at radius 3 is 2.78 bits per heavy atom. The number of carbonyl (C=O) groups is 1. The first-order valence-electron chi connectivity index (χ1n) is 6.40. The fraction of sp³-hybridized carbons (Fsp3) is 0.571. The van der Waals surface area contributed by atoms with Crippen molar-refractivity contribution in [1.29, 1.82) is 5.26 Å². The average Bonchev–Trinajstić information content (AvgIpc) is 2.92. The maximum Gasteiger partial charge on any atom is 0.263 e. The van der Waals surface area contributed by atoms with Crippen LogP contribution in [0.4, 0.5) is 0 Å². The van der Waals surface area contributed by atoms with E-state index in [2.05, 4.69) is 6.07 Å². The number of rotatable bonds is 3. The van der Waals surface area contributed by atoms with Crippen molar-refractivity contribution in [3.8, 4) is 6.07 Å². The lowest BCUT2D eigenvalue weighted by atomic mass is 9.84. The summed E-state index contributed by atoms with van der Waals surface area (Å²) in [5.41, 5.74) is 0. The second kappa shape index (κ2) is 6.01. The van der Waals surface area contributed by atoms with Crippen molar-refractivity contribution in [2.45, 2.75) is 38.1 Å². The molecule has 1 aromatic rings. The van der Waals surface area contributed by atoms with E-state index < -0.39 is 0 Å². The third-order valence-corrected chi connectivity index (χ3v) is 4.65. The summed E-state index contributed by atoms with van der Waals surface area (Å²) in [7, 11) is 1.90. The van der Waals surface area contributed by atoms with Gasteiger partial charge >= 0.3 is 0 Å². The molecule has 0 saturated heterocycles.